The molecule has 2 unspecified atom stereocenters. The number of anilines is 1. The number of carbonyl (C=O) groups is 2. The summed E-state index contributed by atoms with van der Waals surface area (Å²) in [6.45, 7) is 1.81. The van der Waals surface area contributed by atoms with Gasteiger partial charge in [0.25, 0.3) is 0 Å². The van der Waals surface area contributed by atoms with Crippen molar-refractivity contribution < 1.29 is 14.7 Å². The average Bonchev–Trinajstić information content (AvgIpc) is 2.43. The van der Waals surface area contributed by atoms with Gasteiger partial charge in [-0.1, -0.05) is 29.8 Å². The van der Waals surface area contributed by atoms with E-state index in [0.29, 0.717) is 23.6 Å². The van der Waals surface area contributed by atoms with E-state index in [9.17, 15) is 14.7 Å². The standard InChI is InChI=1S/C15H16ClNO3/c1-9-12(16)7-4-8-13(9)17-14(18)10-5-2-3-6-11(10)15(19)20/h2-4,7-8,10-11H,5-6H2,1H3,(H,17,18)(H,19,20). The van der Waals surface area contributed by atoms with Crippen LogP contribution in [0.4, 0.5) is 5.69 Å². The summed E-state index contributed by atoms with van der Waals surface area (Å²) < 4.78 is 0. The number of benzene rings is 1. The number of hydrogen-bond donors (Lipinski definition) is 2. The molecule has 1 aromatic carbocycles. The monoisotopic (exact) mass is 293 g/mol. The molecule has 1 aromatic rings. The highest BCUT2D eigenvalue weighted by atomic mass is 35.5. The minimum Gasteiger partial charge on any atom is -0.481 e. The molecular weight excluding hydrogens is 278 g/mol. The van der Waals surface area contributed by atoms with E-state index in [1.165, 1.54) is 0 Å². The van der Waals surface area contributed by atoms with Crippen molar-refractivity contribution in [2.24, 2.45) is 11.8 Å². The second-order valence-electron chi connectivity index (χ2n) is 4.90. The summed E-state index contributed by atoms with van der Waals surface area (Å²) in [6.07, 6.45) is 4.51. The normalized spacial score (nSPS) is 21.5. The summed E-state index contributed by atoms with van der Waals surface area (Å²) in [6, 6.07) is 5.25. The number of aliphatic carboxylic acids is 1. The number of nitrogens with one attached hydrogen (secondary N) is 1. The predicted molar refractivity (Wildman–Crippen MR) is 77.8 cm³/mol. The zero-order chi connectivity index (χ0) is 14.7. The quantitative estimate of drug-likeness (QED) is 0.841. The van der Waals surface area contributed by atoms with Crippen molar-refractivity contribution in [3.63, 3.8) is 0 Å². The number of halogens is 1. The van der Waals surface area contributed by atoms with E-state index >= 15 is 0 Å². The van der Waals surface area contributed by atoms with E-state index in [0.717, 1.165) is 5.56 Å². The lowest BCUT2D eigenvalue weighted by atomic mass is 9.82. The molecule has 4 nitrogen and oxygen atoms in total. The van der Waals surface area contributed by atoms with Gasteiger partial charge in [-0.25, -0.2) is 0 Å². The summed E-state index contributed by atoms with van der Waals surface area (Å²) in [5, 5.41) is 12.5. The maximum atomic E-state index is 12.3. The molecule has 0 saturated heterocycles. The molecule has 2 N–H and O–H groups in total. The van der Waals surface area contributed by atoms with Crippen LogP contribution in [0.5, 0.6) is 0 Å². The lowest BCUT2D eigenvalue weighted by molar-refractivity contribution is -0.146. The van der Waals surface area contributed by atoms with E-state index in [2.05, 4.69) is 5.32 Å². The van der Waals surface area contributed by atoms with Gasteiger partial charge in [-0.3, -0.25) is 9.59 Å². The Hall–Kier alpha value is -1.81. The molecule has 0 fully saturated rings. The number of amides is 1. The summed E-state index contributed by atoms with van der Waals surface area (Å²) in [5.41, 5.74) is 1.40. The molecule has 2 rings (SSSR count). The maximum Gasteiger partial charge on any atom is 0.307 e. The lowest BCUT2D eigenvalue weighted by Gasteiger charge is -2.24. The molecule has 1 amide bonds. The Kier molecular flexibility index (Phi) is 4.45. The van der Waals surface area contributed by atoms with Gasteiger partial charge in [0.2, 0.25) is 5.91 Å². The maximum absolute atomic E-state index is 12.3. The molecule has 20 heavy (non-hydrogen) atoms. The van der Waals surface area contributed by atoms with Gasteiger partial charge in [-0.15, -0.1) is 0 Å². The number of carbonyl (C=O) groups excluding carboxylic acids is 1. The molecule has 0 radical (unpaired) electrons. The van der Waals surface area contributed by atoms with Crippen molar-refractivity contribution in [1.29, 1.82) is 0 Å². The van der Waals surface area contributed by atoms with Crippen molar-refractivity contribution in [3.8, 4) is 0 Å². The van der Waals surface area contributed by atoms with E-state index in [1.54, 1.807) is 18.2 Å². The zero-order valence-electron chi connectivity index (χ0n) is 11.1. The highest BCUT2D eigenvalue weighted by Gasteiger charge is 2.34. The number of hydrogen-bond acceptors (Lipinski definition) is 2. The van der Waals surface area contributed by atoms with E-state index in [1.807, 2.05) is 19.1 Å². The second kappa shape index (κ2) is 6.09. The molecule has 5 heteroatoms. The van der Waals surface area contributed by atoms with Gasteiger partial charge in [0.05, 0.1) is 11.8 Å². The first kappa shape index (κ1) is 14.6. The Morgan fingerprint density at radius 1 is 1.25 bits per heavy atom. The van der Waals surface area contributed by atoms with Crippen molar-refractivity contribution in [3.05, 3.63) is 40.9 Å². The Balaban J connectivity index is 2.17. The molecule has 0 saturated carbocycles. The smallest absolute Gasteiger partial charge is 0.307 e. The Labute approximate surface area is 122 Å². The predicted octanol–water partition coefficient (Wildman–Crippen LogP) is 3.25. The SMILES string of the molecule is Cc1c(Cl)cccc1NC(=O)C1CC=CCC1C(=O)O. The minimum absolute atomic E-state index is 0.271. The zero-order valence-corrected chi connectivity index (χ0v) is 11.9. The summed E-state index contributed by atoms with van der Waals surface area (Å²) in [4.78, 5) is 23.5. The van der Waals surface area contributed by atoms with E-state index in [4.69, 9.17) is 11.6 Å². The van der Waals surface area contributed by atoms with Crippen LogP contribution in [0, 0.1) is 18.8 Å². The van der Waals surface area contributed by atoms with Crippen LogP contribution >= 0.6 is 11.6 Å². The third-order valence-electron chi connectivity index (χ3n) is 3.61. The van der Waals surface area contributed by atoms with Crippen molar-refractivity contribution in [2.75, 3.05) is 5.32 Å². The van der Waals surface area contributed by atoms with Crippen molar-refractivity contribution >= 4 is 29.2 Å². The summed E-state index contributed by atoms with van der Waals surface area (Å²) in [7, 11) is 0. The van der Waals surface area contributed by atoms with Crippen LogP contribution in [0.15, 0.2) is 30.4 Å². The van der Waals surface area contributed by atoms with Gasteiger partial charge in [-0.2, -0.15) is 0 Å². The van der Waals surface area contributed by atoms with Gasteiger partial charge in [0.1, 0.15) is 0 Å². The number of carboxylic acid groups (broad SMARTS) is 1. The van der Waals surface area contributed by atoms with Gasteiger partial charge in [-0.05, 0) is 37.5 Å². The van der Waals surface area contributed by atoms with Gasteiger partial charge in [0.15, 0.2) is 0 Å². The molecule has 0 bridgehead atoms. The molecule has 1 aliphatic rings. The molecule has 0 heterocycles. The number of allylic oxidation sites excluding steroid dienone is 2. The van der Waals surface area contributed by atoms with E-state index < -0.39 is 17.8 Å². The van der Waals surface area contributed by atoms with Crippen LogP contribution in [0.3, 0.4) is 0 Å². The molecule has 0 aliphatic heterocycles. The van der Waals surface area contributed by atoms with Crippen LogP contribution in [0.1, 0.15) is 18.4 Å². The Bertz CT molecular complexity index is 568. The molecule has 0 aromatic heterocycles. The van der Waals surface area contributed by atoms with Crippen molar-refractivity contribution in [1.82, 2.24) is 0 Å². The van der Waals surface area contributed by atoms with Crippen molar-refractivity contribution in [2.45, 2.75) is 19.8 Å². The fraction of sp³-hybridized carbons (Fsp3) is 0.333. The fourth-order valence-electron chi connectivity index (χ4n) is 2.35. The highest BCUT2D eigenvalue weighted by molar-refractivity contribution is 6.31. The first-order valence-electron chi connectivity index (χ1n) is 6.44. The first-order valence-corrected chi connectivity index (χ1v) is 6.82. The van der Waals surface area contributed by atoms with Gasteiger partial charge >= 0.3 is 5.97 Å². The van der Waals surface area contributed by atoms with E-state index in [-0.39, 0.29) is 5.91 Å². The lowest BCUT2D eigenvalue weighted by Crippen LogP contribution is -2.34. The van der Waals surface area contributed by atoms with Gasteiger partial charge < -0.3 is 10.4 Å². The van der Waals surface area contributed by atoms with Crippen LogP contribution in [0.25, 0.3) is 0 Å². The van der Waals surface area contributed by atoms with Gasteiger partial charge in [0, 0.05) is 10.7 Å². The highest BCUT2D eigenvalue weighted by Crippen LogP contribution is 2.29. The largest absolute Gasteiger partial charge is 0.481 e. The molecule has 2 atom stereocenters. The minimum atomic E-state index is -0.933. The fourth-order valence-corrected chi connectivity index (χ4v) is 2.52. The molecule has 0 spiro atoms. The van der Waals surface area contributed by atoms with Crippen LogP contribution in [0.2, 0.25) is 5.02 Å². The average molecular weight is 294 g/mol. The Morgan fingerprint density at radius 3 is 2.55 bits per heavy atom. The molecule has 106 valence electrons. The Morgan fingerprint density at radius 2 is 1.90 bits per heavy atom. The topological polar surface area (TPSA) is 66.4 Å². The summed E-state index contributed by atoms with van der Waals surface area (Å²) in [5.74, 6) is -2.42. The summed E-state index contributed by atoms with van der Waals surface area (Å²) >= 11 is 6.01. The van der Waals surface area contributed by atoms with Crippen LogP contribution < -0.4 is 5.32 Å². The second-order valence-corrected chi connectivity index (χ2v) is 5.30. The third-order valence-corrected chi connectivity index (χ3v) is 4.02. The van der Waals surface area contributed by atoms with Crippen LogP contribution in [-0.2, 0) is 9.59 Å². The molecular formula is C15H16ClNO3. The first-order chi connectivity index (χ1) is 9.50. The number of rotatable bonds is 3. The third kappa shape index (κ3) is 3.02. The molecule has 1 aliphatic carbocycles. The van der Waals surface area contributed by atoms with Crippen LogP contribution in [-0.4, -0.2) is 17.0 Å². The number of carboxylic acids is 1.